The van der Waals surface area contributed by atoms with Crippen molar-refractivity contribution in [3.63, 3.8) is 0 Å². The number of unbranched alkanes of at least 4 members (excludes halogenated alkanes) is 1. The first kappa shape index (κ1) is 28.4. The fourth-order valence-electron chi connectivity index (χ4n) is 3.81. The molecule has 2 amide bonds. The summed E-state index contributed by atoms with van der Waals surface area (Å²) in [4.78, 5) is 28.0. The maximum atomic E-state index is 13.6. The van der Waals surface area contributed by atoms with Gasteiger partial charge < -0.3 is 10.2 Å². The number of hydrogen-bond donors (Lipinski definition) is 1. The van der Waals surface area contributed by atoms with Crippen LogP contribution in [0.1, 0.15) is 63.1 Å². The molecular weight excluding hydrogens is 462 g/mol. The fourth-order valence-corrected chi connectivity index (χ4v) is 4.68. The largest absolute Gasteiger partial charge is 0.354 e. The van der Waals surface area contributed by atoms with E-state index < -0.39 is 22.0 Å². The number of nitrogens with zero attached hydrogens (tertiary/aromatic N) is 2. The van der Waals surface area contributed by atoms with Crippen molar-refractivity contribution in [3.05, 3.63) is 65.2 Å². The van der Waals surface area contributed by atoms with E-state index in [2.05, 4.69) is 5.32 Å². The number of carbonyl (C=O) groups excluding carboxylic acids is 2. The molecule has 0 aliphatic carbocycles. The molecule has 0 aromatic heterocycles. The van der Waals surface area contributed by atoms with E-state index >= 15 is 0 Å². The topological polar surface area (TPSA) is 86.8 Å². The fraction of sp³-hybridized carbons (Fsp3) is 0.481. The van der Waals surface area contributed by atoms with Crippen LogP contribution < -0.4 is 9.62 Å². The molecule has 2 rings (SSSR count). The van der Waals surface area contributed by atoms with E-state index in [-0.39, 0.29) is 24.9 Å². The molecule has 2 aromatic rings. The van der Waals surface area contributed by atoms with Crippen LogP contribution in [0.3, 0.4) is 0 Å². The number of nitrogens with one attached hydrogen (secondary N) is 1. The van der Waals surface area contributed by atoms with E-state index in [0.717, 1.165) is 40.1 Å². The molecule has 0 spiro atoms. The second kappa shape index (κ2) is 12.7. The molecule has 0 radical (unpaired) electrons. The van der Waals surface area contributed by atoms with Gasteiger partial charge in [-0.2, -0.15) is 0 Å². The van der Waals surface area contributed by atoms with Crippen LogP contribution in [0.25, 0.3) is 0 Å². The number of para-hydroxylation sites is 1. The maximum Gasteiger partial charge on any atom is 0.244 e. The summed E-state index contributed by atoms with van der Waals surface area (Å²) in [5, 5.41) is 2.89. The van der Waals surface area contributed by atoms with Crippen LogP contribution in [-0.4, -0.2) is 50.5 Å². The molecule has 0 fully saturated rings. The van der Waals surface area contributed by atoms with E-state index in [0.29, 0.717) is 12.2 Å². The number of aryl methyl sites for hydroxylation is 1. The summed E-state index contributed by atoms with van der Waals surface area (Å²) in [6, 6.07) is 14.2. The molecule has 0 heterocycles. The first-order chi connectivity index (χ1) is 16.5. The summed E-state index contributed by atoms with van der Waals surface area (Å²) in [5.74, 6) is -0.627. The van der Waals surface area contributed by atoms with Gasteiger partial charge in [-0.05, 0) is 43.4 Å². The quantitative estimate of drug-likeness (QED) is 0.441. The number of anilines is 1. The van der Waals surface area contributed by atoms with Crippen molar-refractivity contribution in [1.82, 2.24) is 10.2 Å². The Bertz CT molecular complexity index is 1100. The first-order valence-electron chi connectivity index (χ1n) is 12.1. The van der Waals surface area contributed by atoms with Gasteiger partial charge in [0.25, 0.3) is 0 Å². The number of amides is 2. The summed E-state index contributed by atoms with van der Waals surface area (Å²) in [5.41, 5.74) is 3.27. The monoisotopic (exact) mass is 501 g/mol. The van der Waals surface area contributed by atoms with Gasteiger partial charge >= 0.3 is 0 Å². The summed E-state index contributed by atoms with van der Waals surface area (Å²) in [7, 11) is -3.76. The van der Waals surface area contributed by atoms with Crippen molar-refractivity contribution >= 4 is 27.5 Å². The zero-order valence-electron chi connectivity index (χ0n) is 21.7. The average molecular weight is 502 g/mol. The summed E-state index contributed by atoms with van der Waals surface area (Å²) < 4.78 is 26.8. The van der Waals surface area contributed by atoms with Gasteiger partial charge in [0, 0.05) is 13.1 Å². The Hall–Kier alpha value is -2.87. The molecule has 0 saturated carbocycles. The van der Waals surface area contributed by atoms with Crippen LogP contribution in [0.2, 0.25) is 0 Å². The molecule has 0 aliphatic rings. The molecule has 0 aliphatic heterocycles. The Morgan fingerprint density at radius 2 is 1.63 bits per heavy atom. The maximum absolute atomic E-state index is 13.6. The highest BCUT2D eigenvalue weighted by Crippen LogP contribution is 2.29. The number of hydrogen-bond acceptors (Lipinski definition) is 4. The van der Waals surface area contributed by atoms with Gasteiger partial charge in [-0.1, -0.05) is 75.2 Å². The average Bonchev–Trinajstić information content (AvgIpc) is 2.80. The Labute approximate surface area is 210 Å². The minimum absolute atomic E-state index is 0.0671. The van der Waals surface area contributed by atoms with Crippen LogP contribution in [0.5, 0.6) is 0 Å². The van der Waals surface area contributed by atoms with Gasteiger partial charge in [0.05, 0.1) is 11.9 Å². The zero-order valence-corrected chi connectivity index (χ0v) is 22.6. The van der Waals surface area contributed by atoms with Crippen LogP contribution in [-0.2, 0) is 26.2 Å². The van der Waals surface area contributed by atoms with E-state index in [4.69, 9.17) is 0 Å². The number of sulfonamides is 1. The Morgan fingerprint density at radius 3 is 2.20 bits per heavy atom. The Kier molecular flexibility index (Phi) is 10.3. The van der Waals surface area contributed by atoms with E-state index in [9.17, 15) is 18.0 Å². The SMILES string of the molecule is CCCCNC(=O)C(C)N(Cc1ccc(C)cc1)C(=O)CN(c1ccccc1C(C)C)S(C)(=O)=O. The van der Waals surface area contributed by atoms with Gasteiger partial charge in [0.2, 0.25) is 21.8 Å². The summed E-state index contributed by atoms with van der Waals surface area (Å²) >= 11 is 0. The van der Waals surface area contributed by atoms with Crippen LogP contribution in [0.15, 0.2) is 48.5 Å². The van der Waals surface area contributed by atoms with Gasteiger partial charge in [-0.3, -0.25) is 13.9 Å². The molecule has 8 heteroatoms. The molecule has 2 aromatic carbocycles. The lowest BCUT2D eigenvalue weighted by Crippen LogP contribution is -2.51. The second-order valence-corrected chi connectivity index (χ2v) is 11.2. The van der Waals surface area contributed by atoms with Crippen molar-refractivity contribution in [3.8, 4) is 0 Å². The third kappa shape index (κ3) is 8.09. The Morgan fingerprint density at radius 1 is 1.00 bits per heavy atom. The van der Waals surface area contributed by atoms with Gasteiger partial charge in [0.1, 0.15) is 12.6 Å². The standard InChI is InChI=1S/C27H39N3O4S/c1-7-8-17-28-27(32)22(5)29(18-23-15-13-21(4)14-16-23)26(31)19-30(35(6,33)34)25-12-10-9-11-24(25)20(2)3/h9-16,20,22H,7-8,17-19H2,1-6H3,(H,28,32). The predicted molar refractivity (Wildman–Crippen MR) is 142 cm³/mol. The Balaban J connectivity index is 2.40. The summed E-state index contributed by atoms with van der Waals surface area (Å²) in [6.07, 6.45) is 2.89. The highest BCUT2D eigenvalue weighted by molar-refractivity contribution is 7.92. The summed E-state index contributed by atoms with van der Waals surface area (Å²) in [6.45, 7) is 10.0. The first-order valence-corrected chi connectivity index (χ1v) is 14.0. The number of rotatable bonds is 12. The number of carbonyl (C=O) groups is 2. The van der Waals surface area contributed by atoms with Crippen LogP contribution in [0.4, 0.5) is 5.69 Å². The minimum Gasteiger partial charge on any atom is -0.354 e. The molecule has 0 bridgehead atoms. The van der Waals surface area contributed by atoms with Gasteiger partial charge in [0.15, 0.2) is 0 Å². The van der Waals surface area contributed by atoms with E-state index in [1.807, 2.05) is 64.1 Å². The molecule has 1 unspecified atom stereocenters. The van der Waals surface area contributed by atoms with Gasteiger partial charge in [-0.25, -0.2) is 8.42 Å². The van der Waals surface area contributed by atoms with Crippen LogP contribution >= 0.6 is 0 Å². The minimum atomic E-state index is -3.76. The van der Waals surface area contributed by atoms with Crippen LogP contribution in [0, 0.1) is 6.92 Å². The van der Waals surface area contributed by atoms with Crippen molar-refractivity contribution in [1.29, 1.82) is 0 Å². The lowest BCUT2D eigenvalue weighted by molar-refractivity contribution is -0.139. The zero-order chi connectivity index (χ0) is 26.2. The van der Waals surface area contributed by atoms with Crippen molar-refractivity contribution in [2.45, 2.75) is 66.0 Å². The van der Waals surface area contributed by atoms with E-state index in [1.54, 1.807) is 19.1 Å². The lowest BCUT2D eigenvalue weighted by Gasteiger charge is -2.32. The van der Waals surface area contributed by atoms with Crippen molar-refractivity contribution in [2.75, 3.05) is 23.7 Å². The third-order valence-electron chi connectivity index (χ3n) is 5.98. The van der Waals surface area contributed by atoms with Gasteiger partial charge in [-0.15, -0.1) is 0 Å². The molecule has 192 valence electrons. The second-order valence-electron chi connectivity index (χ2n) is 9.31. The molecule has 7 nitrogen and oxygen atoms in total. The molecule has 1 N–H and O–H groups in total. The van der Waals surface area contributed by atoms with Crippen molar-refractivity contribution in [2.24, 2.45) is 0 Å². The van der Waals surface area contributed by atoms with Crippen molar-refractivity contribution < 1.29 is 18.0 Å². The molecule has 0 saturated heterocycles. The molecule has 35 heavy (non-hydrogen) atoms. The highest BCUT2D eigenvalue weighted by Gasteiger charge is 2.31. The molecular formula is C27H39N3O4S. The third-order valence-corrected chi connectivity index (χ3v) is 7.10. The smallest absolute Gasteiger partial charge is 0.244 e. The lowest BCUT2D eigenvalue weighted by atomic mass is 10.0. The normalized spacial score (nSPS) is 12.3. The number of benzene rings is 2. The van der Waals surface area contributed by atoms with E-state index in [1.165, 1.54) is 4.90 Å². The highest BCUT2D eigenvalue weighted by atomic mass is 32.2. The molecule has 1 atom stereocenters. The predicted octanol–water partition coefficient (Wildman–Crippen LogP) is 4.22.